The molecule has 2 amide bonds. The fraction of sp³-hybridized carbons (Fsp3) is 0.167. The first kappa shape index (κ1) is 22.3. The SMILES string of the molecule is O=CNc1nc(Cl)c2ncn([C@H]3C=C[C@@H](C(=O)NS(=O)(=O)c4ccccc4[N+](=O)[O-])C3)c2n1. The summed E-state index contributed by atoms with van der Waals surface area (Å²) in [5.41, 5.74) is -0.0465. The molecule has 0 saturated heterocycles. The first-order valence-electron chi connectivity index (χ1n) is 9.30. The Morgan fingerprint density at radius 2 is 2.03 bits per heavy atom. The number of carbonyl (C=O) groups excluding carboxylic acids is 2. The fourth-order valence-electron chi connectivity index (χ4n) is 3.42. The molecule has 2 N–H and O–H groups in total. The van der Waals surface area contributed by atoms with E-state index in [2.05, 4.69) is 20.3 Å². The zero-order valence-corrected chi connectivity index (χ0v) is 18.0. The molecule has 13 nitrogen and oxygen atoms in total. The number of allylic oxidation sites excluding steroid dienone is 1. The monoisotopic (exact) mass is 491 g/mol. The number of nitro groups is 1. The van der Waals surface area contributed by atoms with E-state index in [1.807, 2.05) is 4.72 Å². The van der Waals surface area contributed by atoms with Gasteiger partial charge in [-0.1, -0.05) is 35.9 Å². The molecule has 0 unspecified atom stereocenters. The number of anilines is 1. The number of sulfonamides is 1. The molecule has 3 aromatic rings. The Morgan fingerprint density at radius 1 is 1.27 bits per heavy atom. The van der Waals surface area contributed by atoms with E-state index in [9.17, 15) is 28.1 Å². The number of benzene rings is 1. The van der Waals surface area contributed by atoms with Gasteiger partial charge in [0.1, 0.15) is 5.52 Å². The lowest BCUT2D eigenvalue weighted by molar-refractivity contribution is -0.387. The van der Waals surface area contributed by atoms with Crippen LogP contribution in [-0.2, 0) is 19.6 Å². The average molecular weight is 492 g/mol. The van der Waals surface area contributed by atoms with E-state index in [-0.39, 0.29) is 23.0 Å². The van der Waals surface area contributed by atoms with Gasteiger partial charge in [-0.05, 0) is 12.5 Å². The van der Waals surface area contributed by atoms with Crippen LogP contribution in [0.15, 0.2) is 47.6 Å². The number of fused-ring (bicyclic) bond motifs is 1. The molecule has 170 valence electrons. The van der Waals surface area contributed by atoms with E-state index < -0.39 is 43.4 Å². The molecule has 1 aromatic carbocycles. The molecule has 2 aromatic heterocycles. The van der Waals surface area contributed by atoms with Crippen LogP contribution in [0.1, 0.15) is 12.5 Å². The highest BCUT2D eigenvalue weighted by Crippen LogP contribution is 2.32. The summed E-state index contributed by atoms with van der Waals surface area (Å²) in [5.74, 6) is -1.71. The normalized spacial score (nSPS) is 17.7. The molecule has 2 heterocycles. The van der Waals surface area contributed by atoms with Crippen molar-refractivity contribution in [1.29, 1.82) is 0 Å². The number of carbonyl (C=O) groups is 2. The molecule has 0 bridgehead atoms. The second-order valence-electron chi connectivity index (χ2n) is 6.91. The second kappa shape index (κ2) is 8.55. The average Bonchev–Trinajstić information content (AvgIpc) is 3.41. The van der Waals surface area contributed by atoms with E-state index >= 15 is 0 Å². The molecule has 0 radical (unpaired) electrons. The van der Waals surface area contributed by atoms with Crippen LogP contribution in [0.25, 0.3) is 11.2 Å². The molecule has 4 rings (SSSR count). The Balaban J connectivity index is 1.54. The van der Waals surface area contributed by atoms with Crippen molar-refractivity contribution in [2.45, 2.75) is 17.4 Å². The van der Waals surface area contributed by atoms with Crippen LogP contribution in [0.4, 0.5) is 11.6 Å². The summed E-state index contributed by atoms with van der Waals surface area (Å²) in [6.07, 6.45) is 5.20. The van der Waals surface area contributed by atoms with Gasteiger partial charge < -0.3 is 4.57 Å². The van der Waals surface area contributed by atoms with Gasteiger partial charge in [0.05, 0.1) is 23.2 Å². The van der Waals surface area contributed by atoms with Crippen molar-refractivity contribution in [1.82, 2.24) is 24.2 Å². The number of nitrogens with one attached hydrogen (secondary N) is 2. The van der Waals surface area contributed by atoms with Gasteiger partial charge in [-0.3, -0.25) is 25.0 Å². The van der Waals surface area contributed by atoms with E-state index in [0.29, 0.717) is 12.1 Å². The highest BCUT2D eigenvalue weighted by molar-refractivity contribution is 7.90. The first-order chi connectivity index (χ1) is 15.7. The third-order valence-corrected chi connectivity index (χ3v) is 6.57. The van der Waals surface area contributed by atoms with Crippen molar-refractivity contribution in [3.8, 4) is 0 Å². The highest BCUT2D eigenvalue weighted by Gasteiger charge is 2.32. The third kappa shape index (κ3) is 4.25. The number of halogens is 1. The van der Waals surface area contributed by atoms with Crippen molar-refractivity contribution in [2.24, 2.45) is 5.92 Å². The van der Waals surface area contributed by atoms with Gasteiger partial charge in [0.15, 0.2) is 15.7 Å². The topological polar surface area (TPSA) is 179 Å². The summed E-state index contributed by atoms with van der Waals surface area (Å²) < 4.78 is 28.7. The summed E-state index contributed by atoms with van der Waals surface area (Å²) in [4.78, 5) is 45.3. The smallest absolute Gasteiger partial charge is 0.289 e. The lowest BCUT2D eigenvalue weighted by Gasteiger charge is -2.14. The fourth-order valence-corrected chi connectivity index (χ4v) is 4.84. The van der Waals surface area contributed by atoms with Gasteiger partial charge in [-0.25, -0.2) is 18.1 Å². The number of hydrogen-bond donors (Lipinski definition) is 2. The standard InChI is InChI=1S/C18H14ClN7O6S/c19-15-14-16(23-18(22-15)21-9-27)25(8-20-14)11-6-5-10(7-11)17(28)24-33(31,32)13-4-2-1-3-12(13)26(29)30/h1-6,8-11H,7H2,(H,24,28)(H,21,22,23,27)/t10-,11+/m1/s1. The van der Waals surface area contributed by atoms with Crippen molar-refractivity contribution >= 4 is 56.7 Å². The summed E-state index contributed by atoms with van der Waals surface area (Å²) in [6, 6.07) is 4.31. The van der Waals surface area contributed by atoms with Crippen LogP contribution in [0, 0.1) is 16.0 Å². The summed E-state index contributed by atoms with van der Waals surface area (Å²) >= 11 is 6.08. The minimum Gasteiger partial charge on any atom is -0.308 e. The van der Waals surface area contributed by atoms with Gasteiger partial charge >= 0.3 is 0 Å². The summed E-state index contributed by atoms with van der Waals surface area (Å²) in [6.45, 7) is 0. The van der Waals surface area contributed by atoms with Crippen molar-refractivity contribution in [3.05, 3.63) is 58.0 Å². The molecule has 33 heavy (non-hydrogen) atoms. The Bertz CT molecular complexity index is 1420. The number of nitrogens with zero attached hydrogens (tertiary/aromatic N) is 5. The Kier molecular flexibility index (Phi) is 5.78. The number of hydrogen-bond acceptors (Lipinski definition) is 9. The molecule has 0 saturated carbocycles. The predicted octanol–water partition coefficient (Wildman–Crippen LogP) is 1.58. The molecule has 0 fully saturated rings. The zero-order chi connectivity index (χ0) is 23.8. The van der Waals surface area contributed by atoms with Gasteiger partial charge in [-0.2, -0.15) is 9.97 Å². The van der Waals surface area contributed by atoms with E-state index in [4.69, 9.17) is 11.6 Å². The van der Waals surface area contributed by atoms with Crippen LogP contribution in [0.2, 0.25) is 5.15 Å². The number of aromatic nitrogens is 4. The zero-order valence-electron chi connectivity index (χ0n) is 16.5. The largest absolute Gasteiger partial charge is 0.308 e. The van der Waals surface area contributed by atoms with Gasteiger partial charge in [-0.15, -0.1) is 0 Å². The molecule has 0 aliphatic heterocycles. The molecule has 0 spiro atoms. The van der Waals surface area contributed by atoms with Crippen molar-refractivity contribution in [3.63, 3.8) is 0 Å². The van der Waals surface area contributed by atoms with Crippen molar-refractivity contribution in [2.75, 3.05) is 5.32 Å². The second-order valence-corrected chi connectivity index (χ2v) is 8.92. The molecular weight excluding hydrogens is 478 g/mol. The minimum absolute atomic E-state index is 0.0231. The third-order valence-electron chi connectivity index (χ3n) is 4.91. The van der Waals surface area contributed by atoms with E-state index in [1.54, 1.807) is 10.6 Å². The van der Waals surface area contributed by atoms with Gasteiger partial charge in [0, 0.05) is 6.07 Å². The Hall–Kier alpha value is -3.91. The maximum Gasteiger partial charge on any atom is 0.289 e. The number of para-hydroxylation sites is 1. The van der Waals surface area contributed by atoms with E-state index in [0.717, 1.165) is 12.1 Å². The molecule has 15 heteroatoms. The lowest BCUT2D eigenvalue weighted by Crippen LogP contribution is -2.35. The van der Waals surface area contributed by atoms with Crippen LogP contribution < -0.4 is 10.0 Å². The van der Waals surface area contributed by atoms with Crippen LogP contribution in [0.3, 0.4) is 0 Å². The number of imidazole rings is 1. The van der Waals surface area contributed by atoms with Crippen LogP contribution >= 0.6 is 11.6 Å². The highest BCUT2D eigenvalue weighted by atomic mass is 35.5. The lowest BCUT2D eigenvalue weighted by atomic mass is 10.1. The minimum atomic E-state index is -4.47. The maximum absolute atomic E-state index is 12.7. The van der Waals surface area contributed by atoms with Gasteiger partial charge in [0.2, 0.25) is 18.3 Å². The first-order valence-corrected chi connectivity index (χ1v) is 11.2. The number of amides is 2. The molecule has 1 aliphatic rings. The Morgan fingerprint density at radius 3 is 2.76 bits per heavy atom. The number of rotatable bonds is 7. The van der Waals surface area contributed by atoms with Crippen LogP contribution in [0.5, 0.6) is 0 Å². The number of nitro benzene ring substituents is 1. The summed E-state index contributed by atoms with van der Waals surface area (Å²) in [5, 5.41) is 13.5. The maximum atomic E-state index is 12.7. The van der Waals surface area contributed by atoms with E-state index in [1.165, 1.54) is 24.5 Å². The van der Waals surface area contributed by atoms with Gasteiger partial charge in [0.25, 0.3) is 15.7 Å². The molecule has 1 aliphatic carbocycles. The predicted molar refractivity (Wildman–Crippen MR) is 115 cm³/mol. The summed E-state index contributed by atoms with van der Waals surface area (Å²) in [7, 11) is -4.47. The molecule has 2 atom stereocenters. The molecular formula is C18H14ClN7O6S. The quantitative estimate of drug-likeness (QED) is 0.163. The Labute approximate surface area is 190 Å². The van der Waals surface area contributed by atoms with Crippen LogP contribution in [-0.4, -0.2) is 45.2 Å². The van der Waals surface area contributed by atoms with Crippen molar-refractivity contribution < 1.29 is 22.9 Å².